The molecule has 2 N–H and O–H groups in total. The molecule has 1 heterocycles. The maximum Gasteiger partial charge on any atom is 0.317 e. The summed E-state index contributed by atoms with van der Waals surface area (Å²) in [6, 6.07) is 8.72. The Kier molecular flexibility index (Phi) is 6.42. The summed E-state index contributed by atoms with van der Waals surface area (Å²) >= 11 is 0. The molecule has 0 aromatic heterocycles. The van der Waals surface area contributed by atoms with E-state index in [9.17, 15) is 9.90 Å². The fourth-order valence-electron chi connectivity index (χ4n) is 3.04. The fourth-order valence-corrected chi connectivity index (χ4v) is 3.04. The molecule has 128 valence electrons. The Hall–Kier alpha value is -1.59. The second-order valence-electron chi connectivity index (χ2n) is 6.54. The molecule has 2 rings (SSSR count). The lowest BCUT2D eigenvalue weighted by molar-refractivity contribution is 0.193. The highest BCUT2D eigenvalue weighted by Crippen LogP contribution is 2.19. The smallest absolute Gasteiger partial charge is 0.317 e. The van der Waals surface area contributed by atoms with E-state index in [0.29, 0.717) is 13.1 Å². The van der Waals surface area contributed by atoms with E-state index in [1.165, 1.54) is 11.1 Å². The summed E-state index contributed by atoms with van der Waals surface area (Å²) in [5.74, 6) is 0.229. The number of nitrogens with zero attached hydrogens (tertiary/aromatic N) is 2. The minimum atomic E-state index is -0.0296. The summed E-state index contributed by atoms with van der Waals surface area (Å²) in [5.41, 5.74) is 2.53. The Morgan fingerprint density at radius 2 is 2.09 bits per heavy atom. The van der Waals surface area contributed by atoms with E-state index >= 15 is 0 Å². The molecule has 1 aromatic carbocycles. The summed E-state index contributed by atoms with van der Waals surface area (Å²) in [6.07, 6.45) is 1.92. The SMILES string of the molecule is CCc1ccc(C(CNC(=O)N2CCC(CO)C2)N(C)C)cc1. The van der Waals surface area contributed by atoms with Crippen molar-refractivity contribution in [1.29, 1.82) is 0 Å². The Morgan fingerprint density at radius 1 is 1.39 bits per heavy atom. The van der Waals surface area contributed by atoms with Crippen LogP contribution in [0.1, 0.15) is 30.5 Å². The molecule has 1 aliphatic rings. The lowest BCUT2D eigenvalue weighted by Crippen LogP contribution is -2.42. The zero-order valence-corrected chi connectivity index (χ0v) is 14.5. The number of amides is 2. The van der Waals surface area contributed by atoms with E-state index in [1.54, 1.807) is 4.90 Å². The van der Waals surface area contributed by atoms with Crippen LogP contribution >= 0.6 is 0 Å². The Morgan fingerprint density at radius 3 is 2.61 bits per heavy atom. The summed E-state index contributed by atoms with van der Waals surface area (Å²) in [7, 11) is 4.06. The van der Waals surface area contributed by atoms with Crippen molar-refractivity contribution in [2.75, 3.05) is 40.3 Å². The molecule has 0 radical (unpaired) electrons. The number of nitrogens with one attached hydrogen (secondary N) is 1. The van der Waals surface area contributed by atoms with Gasteiger partial charge < -0.3 is 20.2 Å². The van der Waals surface area contributed by atoms with Crippen LogP contribution in [0.2, 0.25) is 0 Å². The fraction of sp³-hybridized carbons (Fsp3) is 0.611. The number of carbonyl (C=O) groups is 1. The quantitative estimate of drug-likeness (QED) is 0.842. The summed E-state index contributed by atoms with van der Waals surface area (Å²) in [4.78, 5) is 16.2. The number of hydrogen-bond acceptors (Lipinski definition) is 3. The monoisotopic (exact) mass is 319 g/mol. The van der Waals surface area contributed by atoms with Crippen molar-refractivity contribution in [2.24, 2.45) is 5.92 Å². The molecule has 1 saturated heterocycles. The summed E-state index contributed by atoms with van der Waals surface area (Å²) in [5, 5.41) is 12.2. The molecule has 1 fully saturated rings. The van der Waals surface area contributed by atoms with Gasteiger partial charge in [0.25, 0.3) is 0 Å². The first-order valence-electron chi connectivity index (χ1n) is 8.44. The van der Waals surface area contributed by atoms with Gasteiger partial charge in [-0.15, -0.1) is 0 Å². The zero-order chi connectivity index (χ0) is 16.8. The van der Waals surface area contributed by atoms with Gasteiger partial charge in [-0.25, -0.2) is 4.79 Å². The van der Waals surface area contributed by atoms with Gasteiger partial charge in [0.15, 0.2) is 0 Å². The van der Waals surface area contributed by atoms with Crippen LogP contribution in [0, 0.1) is 5.92 Å². The van der Waals surface area contributed by atoms with E-state index in [1.807, 2.05) is 14.1 Å². The van der Waals surface area contributed by atoms with E-state index in [2.05, 4.69) is 41.4 Å². The van der Waals surface area contributed by atoms with Crippen molar-refractivity contribution in [3.8, 4) is 0 Å². The molecule has 2 unspecified atom stereocenters. The van der Waals surface area contributed by atoms with Crippen molar-refractivity contribution < 1.29 is 9.90 Å². The topological polar surface area (TPSA) is 55.8 Å². The number of carbonyl (C=O) groups excluding carboxylic acids is 1. The minimum absolute atomic E-state index is 0.0296. The molecular weight excluding hydrogens is 290 g/mol. The normalized spacial score (nSPS) is 19.2. The maximum atomic E-state index is 12.3. The van der Waals surface area contributed by atoms with Crippen molar-refractivity contribution in [3.63, 3.8) is 0 Å². The molecule has 5 nitrogen and oxygen atoms in total. The highest BCUT2D eigenvalue weighted by Gasteiger charge is 2.26. The minimum Gasteiger partial charge on any atom is -0.396 e. The van der Waals surface area contributed by atoms with Gasteiger partial charge in [-0.2, -0.15) is 0 Å². The Labute approximate surface area is 139 Å². The molecule has 2 amide bonds. The molecule has 2 atom stereocenters. The average Bonchev–Trinajstić information content (AvgIpc) is 3.04. The third kappa shape index (κ3) is 4.69. The maximum absolute atomic E-state index is 12.3. The van der Waals surface area contributed by atoms with Crippen LogP contribution in [0.15, 0.2) is 24.3 Å². The number of aliphatic hydroxyl groups excluding tert-OH is 1. The van der Waals surface area contributed by atoms with Gasteiger partial charge in [0.1, 0.15) is 0 Å². The van der Waals surface area contributed by atoms with Crippen LogP contribution in [0.25, 0.3) is 0 Å². The predicted molar refractivity (Wildman–Crippen MR) is 92.4 cm³/mol. The molecule has 0 aliphatic carbocycles. The third-order valence-corrected chi connectivity index (χ3v) is 4.67. The van der Waals surface area contributed by atoms with Crippen molar-refractivity contribution in [3.05, 3.63) is 35.4 Å². The Bertz CT molecular complexity index is 501. The lowest BCUT2D eigenvalue weighted by atomic mass is 10.0. The third-order valence-electron chi connectivity index (χ3n) is 4.67. The second kappa shape index (κ2) is 8.31. The number of aryl methyl sites for hydroxylation is 1. The second-order valence-corrected chi connectivity index (χ2v) is 6.54. The van der Waals surface area contributed by atoms with Crippen LogP contribution in [-0.4, -0.2) is 61.3 Å². The molecule has 23 heavy (non-hydrogen) atoms. The van der Waals surface area contributed by atoms with Crippen molar-refractivity contribution >= 4 is 6.03 Å². The largest absolute Gasteiger partial charge is 0.396 e. The standard InChI is InChI=1S/C18H29N3O2/c1-4-14-5-7-16(8-6-14)17(20(2)3)11-19-18(23)21-10-9-15(12-21)13-22/h5-8,15,17,22H,4,9-13H2,1-3H3,(H,19,23). The number of likely N-dealkylation sites (tertiary alicyclic amines) is 1. The molecule has 0 bridgehead atoms. The number of aliphatic hydroxyl groups is 1. The predicted octanol–water partition coefficient (Wildman–Crippen LogP) is 1.88. The van der Waals surface area contributed by atoms with Crippen LogP contribution in [-0.2, 0) is 6.42 Å². The first-order valence-corrected chi connectivity index (χ1v) is 8.44. The number of urea groups is 1. The summed E-state index contributed by atoms with van der Waals surface area (Å²) < 4.78 is 0. The van der Waals surface area contributed by atoms with Crippen LogP contribution in [0.3, 0.4) is 0 Å². The van der Waals surface area contributed by atoms with Crippen molar-refractivity contribution in [1.82, 2.24) is 15.1 Å². The molecule has 5 heteroatoms. The van der Waals surface area contributed by atoms with Gasteiger partial charge in [-0.05, 0) is 38.1 Å². The molecule has 0 saturated carbocycles. The van der Waals surface area contributed by atoms with E-state index in [0.717, 1.165) is 19.4 Å². The van der Waals surface area contributed by atoms with E-state index in [-0.39, 0.29) is 24.6 Å². The van der Waals surface area contributed by atoms with Crippen LogP contribution in [0.4, 0.5) is 4.79 Å². The van der Waals surface area contributed by atoms with Crippen molar-refractivity contribution in [2.45, 2.75) is 25.8 Å². The van der Waals surface area contributed by atoms with Gasteiger partial charge >= 0.3 is 6.03 Å². The van der Waals surface area contributed by atoms with Gasteiger partial charge in [0.2, 0.25) is 0 Å². The van der Waals surface area contributed by atoms with Gasteiger partial charge in [0.05, 0.1) is 6.04 Å². The van der Waals surface area contributed by atoms with E-state index in [4.69, 9.17) is 0 Å². The molecular formula is C18H29N3O2. The molecule has 0 spiro atoms. The van der Waals surface area contributed by atoms with Gasteiger partial charge in [-0.3, -0.25) is 0 Å². The first kappa shape index (κ1) is 17.8. The van der Waals surface area contributed by atoms with Gasteiger partial charge in [0, 0.05) is 32.2 Å². The average molecular weight is 319 g/mol. The van der Waals surface area contributed by atoms with E-state index < -0.39 is 0 Å². The first-order chi connectivity index (χ1) is 11.0. The molecule has 1 aromatic rings. The molecule has 1 aliphatic heterocycles. The highest BCUT2D eigenvalue weighted by molar-refractivity contribution is 5.74. The number of rotatable bonds is 6. The number of likely N-dealkylation sites (N-methyl/N-ethyl adjacent to an activating group) is 1. The highest BCUT2D eigenvalue weighted by atomic mass is 16.3. The number of benzene rings is 1. The Balaban J connectivity index is 1.93. The van der Waals surface area contributed by atoms with Crippen LogP contribution < -0.4 is 5.32 Å². The zero-order valence-electron chi connectivity index (χ0n) is 14.5. The lowest BCUT2D eigenvalue weighted by Gasteiger charge is -2.26. The van der Waals surface area contributed by atoms with Gasteiger partial charge in [-0.1, -0.05) is 31.2 Å². The number of hydrogen-bond donors (Lipinski definition) is 2. The van der Waals surface area contributed by atoms with Crippen LogP contribution in [0.5, 0.6) is 0 Å². The summed E-state index contributed by atoms with van der Waals surface area (Å²) in [6.45, 7) is 4.27.